The van der Waals surface area contributed by atoms with Crippen LogP contribution in [0.1, 0.15) is 73.6 Å². The van der Waals surface area contributed by atoms with Crippen molar-refractivity contribution in [1.82, 2.24) is 0 Å². The molecular formula is C13H30O3. The number of aliphatic hydroxyl groups is 1. The number of unbranched alkanes of at least 4 members (excludes halogenated alkanes) is 4. The lowest BCUT2D eigenvalue weighted by Crippen LogP contribution is -2.10. The van der Waals surface area contributed by atoms with Gasteiger partial charge in [0.25, 0.3) is 5.97 Å². The number of aliphatic carboxylic acids is 1. The van der Waals surface area contributed by atoms with E-state index in [-0.39, 0.29) is 0 Å². The van der Waals surface area contributed by atoms with E-state index in [4.69, 9.17) is 15.0 Å². The Bertz CT molecular complexity index is 123. The summed E-state index contributed by atoms with van der Waals surface area (Å²) in [4.78, 5) is 9.00. The Morgan fingerprint density at radius 1 is 1.00 bits per heavy atom. The zero-order valence-corrected chi connectivity index (χ0v) is 11.8. The molecule has 3 nitrogen and oxygen atoms in total. The second-order valence-corrected chi connectivity index (χ2v) is 4.75. The first-order valence-corrected chi connectivity index (χ1v) is 6.07. The summed E-state index contributed by atoms with van der Waals surface area (Å²) in [6.07, 6.45) is 7.01. The van der Waals surface area contributed by atoms with E-state index in [2.05, 4.69) is 13.8 Å². The fourth-order valence-corrected chi connectivity index (χ4v) is 0.677. The molecule has 0 saturated heterocycles. The van der Waals surface area contributed by atoms with Crippen molar-refractivity contribution in [1.29, 1.82) is 0 Å². The van der Waals surface area contributed by atoms with Gasteiger partial charge in [-0.15, -0.1) is 0 Å². The fraction of sp³-hybridized carbons (Fsp3) is 0.923. The van der Waals surface area contributed by atoms with E-state index in [0.717, 1.165) is 6.92 Å². The molecule has 0 unspecified atom stereocenters. The average molecular weight is 234 g/mol. The lowest BCUT2D eigenvalue weighted by molar-refractivity contribution is -0.134. The molecule has 16 heavy (non-hydrogen) atoms. The van der Waals surface area contributed by atoms with Gasteiger partial charge in [0.15, 0.2) is 0 Å². The first kappa shape index (κ1) is 20.8. The van der Waals surface area contributed by atoms with Crippen LogP contribution in [-0.2, 0) is 4.79 Å². The summed E-state index contributed by atoms with van der Waals surface area (Å²) < 4.78 is 0. The molecule has 0 aliphatic rings. The molecular weight excluding hydrogens is 204 g/mol. The van der Waals surface area contributed by atoms with Crippen molar-refractivity contribution in [3.8, 4) is 0 Å². The summed E-state index contributed by atoms with van der Waals surface area (Å²) in [6.45, 7) is 10.8. The van der Waals surface area contributed by atoms with Crippen molar-refractivity contribution in [2.24, 2.45) is 0 Å². The molecule has 0 aromatic carbocycles. The third-order valence-electron chi connectivity index (χ3n) is 1.21. The maximum Gasteiger partial charge on any atom is 0.300 e. The van der Waals surface area contributed by atoms with Crippen LogP contribution in [-0.4, -0.2) is 21.8 Å². The highest BCUT2D eigenvalue weighted by atomic mass is 16.4. The third-order valence-corrected chi connectivity index (χ3v) is 1.21. The molecule has 0 aromatic heterocycles. The average Bonchev–Trinajstić information content (AvgIpc) is 2.01. The number of rotatable bonds is 4. The molecule has 3 heteroatoms. The summed E-state index contributed by atoms with van der Waals surface area (Å²) >= 11 is 0. The van der Waals surface area contributed by atoms with Crippen LogP contribution in [0.15, 0.2) is 0 Å². The van der Waals surface area contributed by atoms with E-state index < -0.39 is 11.6 Å². The predicted octanol–water partition coefficient (Wildman–Crippen LogP) is 3.84. The van der Waals surface area contributed by atoms with Gasteiger partial charge in [0.05, 0.1) is 5.60 Å². The minimum Gasteiger partial charge on any atom is -0.481 e. The van der Waals surface area contributed by atoms with E-state index in [9.17, 15) is 0 Å². The minimum atomic E-state index is -0.833. The summed E-state index contributed by atoms with van der Waals surface area (Å²) in [7, 11) is 0. The Morgan fingerprint density at radius 3 is 1.31 bits per heavy atom. The van der Waals surface area contributed by atoms with E-state index in [1.165, 1.54) is 32.1 Å². The number of carboxylic acid groups (broad SMARTS) is 1. The predicted molar refractivity (Wildman–Crippen MR) is 69.7 cm³/mol. The van der Waals surface area contributed by atoms with Crippen molar-refractivity contribution in [3.05, 3.63) is 0 Å². The Kier molecular flexibility index (Phi) is 18.8. The van der Waals surface area contributed by atoms with Crippen LogP contribution in [0.2, 0.25) is 0 Å². The van der Waals surface area contributed by atoms with Gasteiger partial charge in [-0.25, -0.2) is 0 Å². The van der Waals surface area contributed by atoms with Crippen molar-refractivity contribution in [2.75, 3.05) is 0 Å². The summed E-state index contributed by atoms with van der Waals surface area (Å²) in [6, 6.07) is 0. The monoisotopic (exact) mass is 234 g/mol. The number of hydrogen-bond acceptors (Lipinski definition) is 2. The van der Waals surface area contributed by atoms with Gasteiger partial charge in [0.1, 0.15) is 0 Å². The fourth-order valence-electron chi connectivity index (χ4n) is 0.677. The highest BCUT2D eigenvalue weighted by molar-refractivity contribution is 5.62. The van der Waals surface area contributed by atoms with Gasteiger partial charge in [-0.1, -0.05) is 46.0 Å². The Labute approximate surface area is 101 Å². The van der Waals surface area contributed by atoms with Crippen molar-refractivity contribution < 1.29 is 15.0 Å². The zero-order chi connectivity index (χ0) is 13.6. The molecule has 0 atom stereocenters. The molecule has 0 amide bonds. The zero-order valence-electron chi connectivity index (χ0n) is 11.8. The van der Waals surface area contributed by atoms with Gasteiger partial charge < -0.3 is 10.2 Å². The van der Waals surface area contributed by atoms with Gasteiger partial charge in [0, 0.05) is 6.92 Å². The minimum absolute atomic E-state index is 0.500. The van der Waals surface area contributed by atoms with Crippen molar-refractivity contribution in [3.63, 3.8) is 0 Å². The molecule has 0 fully saturated rings. The number of carboxylic acids is 1. The highest BCUT2D eigenvalue weighted by Crippen LogP contribution is 2.00. The van der Waals surface area contributed by atoms with Crippen LogP contribution in [0.5, 0.6) is 0 Å². The molecule has 0 aliphatic heterocycles. The lowest BCUT2D eigenvalue weighted by Gasteiger charge is -2.04. The normalized spacial score (nSPS) is 9.44. The number of carbonyl (C=O) groups is 1. The Balaban J connectivity index is -0.000000166. The van der Waals surface area contributed by atoms with Gasteiger partial charge in [-0.3, -0.25) is 4.79 Å². The van der Waals surface area contributed by atoms with Crippen LogP contribution in [0.25, 0.3) is 0 Å². The largest absolute Gasteiger partial charge is 0.481 e. The van der Waals surface area contributed by atoms with Crippen LogP contribution >= 0.6 is 0 Å². The maximum absolute atomic E-state index is 9.00. The van der Waals surface area contributed by atoms with Gasteiger partial charge >= 0.3 is 0 Å². The quantitative estimate of drug-likeness (QED) is 0.726. The lowest BCUT2D eigenvalue weighted by atomic mass is 10.2. The second-order valence-electron chi connectivity index (χ2n) is 4.75. The van der Waals surface area contributed by atoms with E-state index in [1.54, 1.807) is 20.8 Å². The first-order valence-electron chi connectivity index (χ1n) is 6.07. The van der Waals surface area contributed by atoms with Crippen LogP contribution in [0.4, 0.5) is 0 Å². The third kappa shape index (κ3) is 176. The van der Waals surface area contributed by atoms with Crippen LogP contribution in [0.3, 0.4) is 0 Å². The summed E-state index contributed by atoms with van der Waals surface area (Å²) in [5.74, 6) is -0.833. The van der Waals surface area contributed by atoms with Gasteiger partial charge in [0.2, 0.25) is 0 Å². The SMILES string of the molecule is CC(=O)O.CC(C)(C)O.CCCCCCC. The van der Waals surface area contributed by atoms with E-state index in [1.807, 2.05) is 0 Å². The second kappa shape index (κ2) is 14.4. The van der Waals surface area contributed by atoms with E-state index >= 15 is 0 Å². The first-order chi connectivity index (χ1) is 7.15. The molecule has 0 saturated carbocycles. The Hall–Kier alpha value is -0.570. The van der Waals surface area contributed by atoms with E-state index in [0.29, 0.717) is 0 Å². The molecule has 0 aliphatic carbocycles. The molecule has 0 spiro atoms. The molecule has 0 radical (unpaired) electrons. The van der Waals surface area contributed by atoms with Gasteiger partial charge in [-0.2, -0.15) is 0 Å². The molecule has 0 bridgehead atoms. The topological polar surface area (TPSA) is 57.5 Å². The standard InChI is InChI=1S/C7H16.C4H10O.C2H4O2/c1-3-5-7-6-4-2;1-4(2,3)5;1-2(3)4/h3-7H2,1-2H3;5H,1-3H3;1H3,(H,3,4). The number of hydrogen-bond donors (Lipinski definition) is 2. The van der Waals surface area contributed by atoms with Crippen LogP contribution < -0.4 is 0 Å². The van der Waals surface area contributed by atoms with Gasteiger partial charge in [-0.05, 0) is 20.8 Å². The molecule has 2 N–H and O–H groups in total. The Morgan fingerprint density at radius 2 is 1.19 bits per heavy atom. The summed E-state index contributed by atoms with van der Waals surface area (Å²) in [5, 5.41) is 15.9. The van der Waals surface area contributed by atoms with Crippen molar-refractivity contribution >= 4 is 5.97 Å². The molecule has 0 rings (SSSR count). The maximum atomic E-state index is 9.00. The summed E-state index contributed by atoms with van der Waals surface area (Å²) in [5.41, 5.74) is -0.500. The highest BCUT2D eigenvalue weighted by Gasteiger charge is 1.97. The smallest absolute Gasteiger partial charge is 0.300 e. The molecule has 0 heterocycles. The molecule has 0 aromatic rings. The van der Waals surface area contributed by atoms with Crippen LogP contribution in [0, 0.1) is 0 Å². The van der Waals surface area contributed by atoms with Crippen molar-refractivity contribution in [2.45, 2.75) is 79.2 Å². The molecule has 100 valence electrons.